The molecule has 2 saturated heterocycles. The van der Waals surface area contributed by atoms with E-state index in [0.29, 0.717) is 60.8 Å². The average Bonchev–Trinajstić information content (AvgIpc) is 3.48. The van der Waals surface area contributed by atoms with Crippen molar-refractivity contribution in [2.24, 2.45) is 11.3 Å². The predicted octanol–water partition coefficient (Wildman–Crippen LogP) is 8.23. The quantitative estimate of drug-likeness (QED) is 0.161. The molecule has 7 rings (SSSR count). The Bertz CT molecular complexity index is 2020. The van der Waals surface area contributed by atoms with Crippen molar-refractivity contribution in [3.05, 3.63) is 41.5 Å². The van der Waals surface area contributed by atoms with Crippen LogP contribution < -0.4 is 14.4 Å². The lowest BCUT2D eigenvalue weighted by molar-refractivity contribution is -0.143. The Morgan fingerprint density at radius 1 is 1.05 bits per heavy atom. The molecule has 1 saturated carbocycles. The van der Waals surface area contributed by atoms with Gasteiger partial charge in [-0.15, -0.1) is 0 Å². The smallest absolute Gasteiger partial charge is 0.389 e. The van der Waals surface area contributed by atoms with Crippen molar-refractivity contribution in [1.29, 1.82) is 0 Å². The molecule has 3 unspecified atom stereocenters. The number of aromatic nitrogens is 3. The minimum absolute atomic E-state index is 0.0135. The van der Waals surface area contributed by atoms with Gasteiger partial charge in [-0.05, 0) is 86.1 Å². The number of methoxy groups -OCH3 is 1. The molecular weight excluding hydrogens is 737 g/mol. The Kier molecular flexibility index (Phi) is 12.8. The van der Waals surface area contributed by atoms with Crippen LogP contribution in [-0.4, -0.2) is 102 Å². The number of phenolic OH excluding ortho intramolecular Hbond substituents is 1. The lowest BCUT2D eigenvalue weighted by atomic mass is 9.76. The van der Waals surface area contributed by atoms with Crippen molar-refractivity contribution in [2.75, 3.05) is 58.5 Å². The van der Waals surface area contributed by atoms with E-state index in [1.54, 1.807) is 19.9 Å². The lowest BCUT2D eigenvalue weighted by Crippen LogP contribution is -2.50. The lowest BCUT2D eigenvalue weighted by Gasteiger charge is -2.44. The van der Waals surface area contributed by atoms with E-state index in [2.05, 4.69) is 21.9 Å². The largest absolute Gasteiger partial charge is 0.508 e. The number of aliphatic hydroxyl groups excluding tert-OH is 1. The van der Waals surface area contributed by atoms with Gasteiger partial charge in [0.25, 0.3) is 0 Å². The molecule has 2 aliphatic heterocycles. The number of ether oxygens (including phenoxy) is 3. The number of anilines is 1. The van der Waals surface area contributed by atoms with Crippen LogP contribution in [0.2, 0.25) is 0 Å². The van der Waals surface area contributed by atoms with Gasteiger partial charge in [0.1, 0.15) is 34.0 Å². The zero-order chi connectivity index (χ0) is 40.4. The van der Waals surface area contributed by atoms with Gasteiger partial charge in [-0.25, -0.2) is 13.8 Å². The summed E-state index contributed by atoms with van der Waals surface area (Å²) in [6.45, 7) is 7.68. The van der Waals surface area contributed by atoms with E-state index in [1.807, 2.05) is 11.8 Å². The van der Waals surface area contributed by atoms with Gasteiger partial charge in [-0.2, -0.15) is 23.1 Å². The molecule has 15 heteroatoms. The van der Waals surface area contributed by atoms with E-state index < -0.39 is 30.3 Å². The van der Waals surface area contributed by atoms with E-state index in [1.165, 1.54) is 25.3 Å². The molecule has 0 spiro atoms. The molecule has 2 aromatic heterocycles. The van der Waals surface area contributed by atoms with Gasteiger partial charge in [0.05, 0.1) is 33.0 Å². The maximum atomic E-state index is 17.1. The Hall–Kier alpha value is -4.08. The summed E-state index contributed by atoms with van der Waals surface area (Å²) in [5, 5.41) is 22.5. The molecular formula is C41H52F5N5O5. The molecule has 4 aromatic rings. The Balaban J connectivity index is 0.000000528. The molecule has 3 aliphatic rings. The Morgan fingerprint density at radius 2 is 1.82 bits per heavy atom. The van der Waals surface area contributed by atoms with Crippen molar-refractivity contribution < 1.29 is 46.4 Å². The van der Waals surface area contributed by atoms with Crippen LogP contribution in [-0.2, 0) is 11.2 Å². The van der Waals surface area contributed by atoms with Crippen molar-refractivity contribution in [1.82, 2.24) is 19.9 Å². The summed E-state index contributed by atoms with van der Waals surface area (Å²) < 4.78 is 84.4. The number of rotatable bonds is 9. The summed E-state index contributed by atoms with van der Waals surface area (Å²) in [5.74, 6) is -1.20. The van der Waals surface area contributed by atoms with Gasteiger partial charge in [-0.1, -0.05) is 39.7 Å². The SMILES string of the molecule is CC[C@H](C)CC(F)(F)F.CCc1c(F)ccc2cc(O)cc(-c3nc(OC)c4c(N5CCOCC(O)C5)nc(OCC56CCCC5N(C)CCC6)nc4c3F)c12. The molecule has 0 amide bonds. The summed E-state index contributed by atoms with van der Waals surface area (Å²) in [4.78, 5) is 18.3. The molecule has 10 nitrogen and oxygen atoms in total. The number of halogens is 5. The van der Waals surface area contributed by atoms with E-state index >= 15 is 8.78 Å². The molecule has 4 heterocycles. The van der Waals surface area contributed by atoms with Gasteiger partial charge >= 0.3 is 12.2 Å². The normalized spacial score (nSPS) is 22.4. The third kappa shape index (κ3) is 8.74. The Morgan fingerprint density at radius 3 is 2.52 bits per heavy atom. The minimum Gasteiger partial charge on any atom is -0.508 e. The van der Waals surface area contributed by atoms with Gasteiger partial charge < -0.3 is 34.2 Å². The summed E-state index contributed by atoms with van der Waals surface area (Å²) in [6, 6.07) is 6.22. The topological polar surface area (TPSA) is 113 Å². The van der Waals surface area contributed by atoms with Crippen LogP contribution in [0.5, 0.6) is 17.6 Å². The first kappa shape index (κ1) is 41.6. The van der Waals surface area contributed by atoms with Crippen LogP contribution in [0.25, 0.3) is 32.9 Å². The summed E-state index contributed by atoms with van der Waals surface area (Å²) in [5.41, 5.74) is 0.325. The second kappa shape index (κ2) is 17.2. The highest BCUT2D eigenvalue weighted by Gasteiger charge is 2.47. The number of hydrogen-bond acceptors (Lipinski definition) is 10. The average molecular weight is 790 g/mol. The number of aryl methyl sites for hydroxylation is 1. The fourth-order valence-electron chi connectivity index (χ4n) is 8.66. The number of benzene rings is 2. The molecule has 3 fully saturated rings. The van der Waals surface area contributed by atoms with Gasteiger partial charge in [0.2, 0.25) is 5.88 Å². The molecule has 0 radical (unpaired) electrons. The van der Waals surface area contributed by atoms with Gasteiger partial charge in [0, 0.05) is 36.5 Å². The van der Waals surface area contributed by atoms with Gasteiger partial charge in [0.15, 0.2) is 5.82 Å². The van der Waals surface area contributed by atoms with Crippen molar-refractivity contribution >= 4 is 27.5 Å². The number of likely N-dealkylation sites (tertiary alicyclic amines) is 1. The minimum atomic E-state index is -3.98. The summed E-state index contributed by atoms with van der Waals surface area (Å²) in [7, 11) is 3.59. The molecule has 1 aliphatic carbocycles. The fraction of sp³-hybridized carbons (Fsp3) is 0.585. The summed E-state index contributed by atoms with van der Waals surface area (Å²) in [6.07, 6.45) is 0.885. The maximum absolute atomic E-state index is 17.1. The predicted molar refractivity (Wildman–Crippen MR) is 204 cm³/mol. The highest BCUT2D eigenvalue weighted by atomic mass is 19.4. The van der Waals surface area contributed by atoms with Crippen LogP contribution in [0.15, 0.2) is 24.3 Å². The van der Waals surface area contributed by atoms with Crippen LogP contribution >= 0.6 is 0 Å². The maximum Gasteiger partial charge on any atom is 0.389 e. The molecule has 4 atom stereocenters. The number of pyridine rings is 1. The number of aromatic hydroxyl groups is 1. The summed E-state index contributed by atoms with van der Waals surface area (Å²) >= 11 is 0. The number of β-amino-alcohol motifs (C(OH)–C–C–N with tert-alkyl or cyclic N) is 1. The zero-order valence-corrected chi connectivity index (χ0v) is 32.7. The number of aliphatic hydroxyl groups is 1. The highest BCUT2D eigenvalue weighted by molar-refractivity contribution is 6.03. The van der Waals surface area contributed by atoms with Crippen LogP contribution in [0.3, 0.4) is 0 Å². The van der Waals surface area contributed by atoms with Crippen molar-refractivity contribution in [3.8, 4) is 28.9 Å². The van der Waals surface area contributed by atoms with Gasteiger partial charge in [-0.3, -0.25) is 0 Å². The standard InChI is InChI=1S/C35H41F2N5O5.C6H11F3/c1-4-23-25(36)9-8-20-15-21(43)16-24(27(20)23)30-29(37)31-28(33(38-30)45-3)32(42-13-14-46-18-22(44)17-42)40-34(39-31)47-19-35-10-5-7-26(35)41(2)12-6-11-35;1-3-5(2)4-6(7,8)9/h8-9,15-16,22,26,43-44H,4-7,10-14,17-19H2,1-3H3;5H,3-4H2,1-2H3/t;5-/m.0/s1. The molecule has 0 bridgehead atoms. The van der Waals surface area contributed by atoms with Crippen molar-refractivity contribution in [2.45, 2.75) is 90.5 Å². The number of nitrogens with zero attached hydrogens (tertiary/aromatic N) is 5. The van der Waals surface area contributed by atoms with Crippen LogP contribution in [0, 0.1) is 23.0 Å². The zero-order valence-electron chi connectivity index (χ0n) is 32.7. The van der Waals surface area contributed by atoms with E-state index in [4.69, 9.17) is 19.2 Å². The number of piperidine rings is 1. The first-order valence-corrected chi connectivity index (χ1v) is 19.5. The van der Waals surface area contributed by atoms with Crippen LogP contribution in [0.1, 0.15) is 71.3 Å². The first-order valence-electron chi connectivity index (χ1n) is 19.5. The molecule has 2 aromatic carbocycles. The number of hydrogen-bond donors (Lipinski definition) is 2. The van der Waals surface area contributed by atoms with E-state index in [9.17, 15) is 23.4 Å². The third-order valence-electron chi connectivity index (χ3n) is 11.6. The molecule has 2 N–H and O–H groups in total. The second-order valence-electron chi connectivity index (χ2n) is 15.5. The monoisotopic (exact) mass is 789 g/mol. The first-order chi connectivity index (χ1) is 26.7. The number of alkyl halides is 3. The number of fused-ring (bicyclic) bond motifs is 3. The van der Waals surface area contributed by atoms with Crippen molar-refractivity contribution in [3.63, 3.8) is 0 Å². The second-order valence-corrected chi connectivity index (χ2v) is 15.5. The van der Waals surface area contributed by atoms with E-state index in [-0.39, 0.29) is 64.3 Å². The molecule has 306 valence electrons. The fourth-order valence-corrected chi connectivity index (χ4v) is 8.66. The van der Waals surface area contributed by atoms with Crippen LogP contribution in [0.4, 0.5) is 27.8 Å². The third-order valence-corrected chi connectivity index (χ3v) is 11.6. The highest BCUT2D eigenvalue weighted by Crippen LogP contribution is 2.48. The van der Waals surface area contributed by atoms with E-state index in [0.717, 1.165) is 38.6 Å². The number of phenols is 1. The molecule has 56 heavy (non-hydrogen) atoms. The Labute approximate surface area is 324 Å².